The lowest BCUT2D eigenvalue weighted by Gasteiger charge is -2.23. The molecule has 5 heteroatoms. The maximum Gasteiger partial charge on any atom is 0.224 e. The number of rotatable bonds is 6. The van der Waals surface area contributed by atoms with Gasteiger partial charge in [-0.25, -0.2) is 4.39 Å². The van der Waals surface area contributed by atoms with Crippen molar-refractivity contribution in [2.75, 3.05) is 6.54 Å². The highest BCUT2D eigenvalue weighted by molar-refractivity contribution is 5.85. The molecule has 0 aliphatic heterocycles. The molecule has 0 saturated heterocycles. The maximum absolute atomic E-state index is 13.2. The minimum atomic E-state index is -0.324. The van der Waals surface area contributed by atoms with Crippen LogP contribution in [0.15, 0.2) is 54.6 Å². The molecule has 3 nitrogen and oxygen atoms in total. The van der Waals surface area contributed by atoms with E-state index >= 15 is 0 Å². The van der Waals surface area contributed by atoms with E-state index in [0.29, 0.717) is 13.1 Å². The third-order valence-electron chi connectivity index (χ3n) is 3.62. The van der Waals surface area contributed by atoms with E-state index in [1.807, 2.05) is 43.3 Å². The summed E-state index contributed by atoms with van der Waals surface area (Å²) in [5, 5.41) is 0. The molecule has 124 valence electrons. The van der Waals surface area contributed by atoms with Gasteiger partial charge >= 0.3 is 0 Å². The largest absolute Gasteiger partial charge is 0.339 e. The summed E-state index contributed by atoms with van der Waals surface area (Å²) in [7, 11) is 0. The zero-order valence-electron chi connectivity index (χ0n) is 13.1. The molecular formula is C18H22ClFN2O. The predicted molar refractivity (Wildman–Crippen MR) is 92.7 cm³/mol. The molecular weight excluding hydrogens is 315 g/mol. The lowest BCUT2D eigenvalue weighted by atomic mass is 10.0. The van der Waals surface area contributed by atoms with Crippen LogP contribution in [-0.4, -0.2) is 17.4 Å². The minimum absolute atomic E-state index is 0. The second-order valence-electron chi connectivity index (χ2n) is 5.26. The summed E-state index contributed by atoms with van der Waals surface area (Å²) in [6.45, 7) is 2.87. The van der Waals surface area contributed by atoms with E-state index < -0.39 is 0 Å². The van der Waals surface area contributed by atoms with E-state index in [1.165, 1.54) is 12.1 Å². The third kappa shape index (κ3) is 5.66. The Morgan fingerprint density at radius 2 is 1.87 bits per heavy atom. The molecule has 1 amide bonds. The molecule has 0 aromatic heterocycles. The molecule has 2 rings (SSSR count). The van der Waals surface area contributed by atoms with Gasteiger partial charge in [0.2, 0.25) is 5.91 Å². The molecule has 23 heavy (non-hydrogen) atoms. The summed E-state index contributed by atoms with van der Waals surface area (Å²) in [6, 6.07) is 15.6. The van der Waals surface area contributed by atoms with Crippen LogP contribution in [0, 0.1) is 5.82 Å². The Balaban J connectivity index is 0.00000264. The number of carbonyl (C=O) groups excluding carboxylic acids is 1. The fourth-order valence-corrected chi connectivity index (χ4v) is 2.37. The zero-order valence-corrected chi connectivity index (χ0v) is 13.9. The fourth-order valence-electron chi connectivity index (χ4n) is 2.37. The van der Waals surface area contributed by atoms with E-state index in [-0.39, 0.29) is 36.6 Å². The van der Waals surface area contributed by atoms with Gasteiger partial charge in [0.1, 0.15) is 5.82 Å². The van der Waals surface area contributed by atoms with Crippen molar-refractivity contribution in [3.05, 3.63) is 71.5 Å². The average molecular weight is 337 g/mol. The highest BCUT2D eigenvalue weighted by atomic mass is 35.5. The highest BCUT2D eigenvalue weighted by Crippen LogP contribution is 2.16. The molecule has 2 N–H and O–H groups in total. The van der Waals surface area contributed by atoms with Crippen molar-refractivity contribution in [3.8, 4) is 0 Å². The average Bonchev–Trinajstić information content (AvgIpc) is 2.53. The van der Waals surface area contributed by atoms with Crippen LogP contribution in [0.3, 0.4) is 0 Å². The standard InChI is InChI=1S/C18H21FN2O.ClH/c1-2-21(13-14-7-6-10-16(19)11-14)18(22)12-17(20)15-8-4-3-5-9-15;/h3-11,17H,2,12-13,20H2,1H3;1H. The summed E-state index contributed by atoms with van der Waals surface area (Å²) in [6.07, 6.45) is 0.243. The van der Waals surface area contributed by atoms with E-state index in [0.717, 1.165) is 11.1 Å². The monoisotopic (exact) mass is 336 g/mol. The number of benzene rings is 2. The Hall–Kier alpha value is -1.91. The molecule has 2 aromatic carbocycles. The Morgan fingerprint density at radius 1 is 1.17 bits per heavy atom. The molecule has 0 bridgehead atoms. The van der Waals surface area contributed by atoms with Crippen LogP contribution >= 0.6 is 12.4 Å². The molecule has 2 aromatic rings. The second kappa shape index (κ2) is 9.28. The summed E-state index contributed by atoms with van der Waals surface area (Å²) < 4.78 is 13.2. The molecule has 0 heterocycles. The first-order valence-electron chi connectivity index (χ1n) is 7.43. The first kappa shape index (κ1) is 19.1. The molecule has 0 aliphatic rings. The number of hydrogen-bond donors (Lipinski definition) is 1. The van der Waals surface area contributed by atoms with Gasteiger partial charge in [-0.3, -0.25) is 4.79 Å². The highest BCUT2D eigenvalue weighted by Gasteiger charge is 2.17. The number of nitrogens with zero attached hydrogens (tertiary/aromatic N) is 1. The van der Waals surface area contributed by atoms with Gasteiger partial charge in [-0.1, -0.05) is 42.5 Å². The van der Waals surface area contributed by atoms with Crippen molar-refractivity contribution in [1.82, 2.24) is 4.90 Å². The van der Waals surface area contributed by atoms with E-state index in [9.17, 15) is 9.18 Å². The van der Waals surface area contributed by atoms with Gasteiger partial charge in [0.25, 0.3) is 0 Å². The Bertz CT molecular complexity index is 621. The summed E-state index contributed by atoms with van der Waals surface area (Å²) in [4.78, 5) is 14.1. The normalized spacial score (nSPS) is 11.4. The lowest BCUT2D eigenvalue weighted by Crippen LogP contribution is -2.32. The van der Waals surface area contributed by atoms with Crippen LogP contribution < -0.4 is 5.73 Å². The number of nitrogens with two attached hydrogens (primary N) is 1. The van der Waals surface area contributed by atoms with Crippen molar-refractivity contribution >= 4 is 18.3 Å². The van der Waals surface area contributed by atoms with E-state index in [1.54, 1.807) is 11.0 Å². The van der Waals surface area contributed by atoms with Gasteiger partial charge < -0.3 is 10.6 Å². The maximum atomic E-state index is 13.2. The van der Waals surface area contributed by atoms with Gasteiger partial charge in [0, 0.05) is 25.6 Å². The molecule has 1 atom stereocenters. The van der Waals surface area contributed by atoms with Crippen LogP contribution in [0.5, 0.6) is 0 Å². The van der Waals surface area contributed by atoms with E-state index in [4.69, 9.17) is 5.73 Å². The number of halogens is 2. The Morgan fingerprint density at radius 3 is 2.48 bits per heavy atom. The molecule has 0 aliphatic carbocycles. The van der Waals surface area contributed by atoms with Gasteiger partial charge in [-0.15, -0.1) is 12.4 Å². The fraction of sp³-hybridized carbons (Fsp3) is 0.278. The zero-order chi connectivity index (χ0) is 15.9. The van der Waals surface area contributed by atoms with Crippen LogP contribution in [0.1, 0.15) is 30.5 Å². The lowest BCUT2D eigenvalue weighted by molar-refractivity contribution is -0.132. The summed E-state index contributed by atoms with van der Waals surface area (Å²) in [5.41, 5.74) is 7.82. The van der Waals surface area contributed by atoms with Gasteiger partial charge in [0.15, 0.2) is 0 Å². The number of hydrogen-bond acceptors (Lipinski definition) is 2. The molecule has 0 fully saturated rings. The quantitative estimate of drug-likeness (QED) is 0.874. The van der Waals surface area contributed by atoms with Crippen LogP contribution in [0.2, 0.25) is 0 Å². The van der Waals surface area contributed by atoms with Crippen molar-refractivity contribution in [3.63, 3.8) is 0 Å². The van der Waals surface area contributed by atoms with Crippen molar-refractivity contribution in [2.24, 2.45) is 5.73 Å². The smallest absolute Gasteiger partial charge is 0.224 e. The van der Waals surface area contributed by atoms with Crippen molar-refractivity contribution < 1.29 is 9.18 Å². The van der Waals surface area contributed by atoms with Crippen LogP contribution in [0.25, 0.3) is 0 Å². The molecule has 0 saturated carbocycles. The molecule has 0 radical (unpaired) electrons. The first-order valence-corrected chi connectivity index (χ1v) is 7.43. The molecule has 0 spiro atoms. The van der Waals surface area contributed by atoms with Crippen LogP contribution in [0.4, 0.5) is 4.39 Å². The second-order valence-corrected chi connectivity index (χ2v) is 5.26. The third-order valence-corrected chi connectivity index (χ3v) is 3.62. The van der Waals surface area contributed by atoms with Crippen molar-refractivity contribution in [1.29, 1.82) is 0 Å². The predicted octanol–water partition coefficient (Wildman–Crippen LogP) is 3.69. The van der Waals surface area contributed by atoms with Crippen LogP contribution in [-0.2, 0) is 11.3 Å². The minimum Gasteiger partial charge on any atom is -0.339 e. The van der Waals surface area contributed by atoms with Gasteiger partial charge in [-0.05, 0) is 30.2 Å². The van der Waals surface area contributed by atoms with Crippen molar-refractivity contribution in [2.45, 2.75) is 25.9 Å². The van der Waals surface area contributed by atoms with E-state index in [2.05, 4.69) is 0 Å². The number of amides is 1. The van der Waals surface area contributed by atoms with Gasteiger partial charge in [0.05, 0.1) is 0 Å². The SMILES string of the molecule is CCN(Cc1cccc(F)c1)C(=O)CC(N)c1ccccc1.Cl. The number of carbonyl (C=O) groups is 1. The Labute approximate surface area is 142 Å². The van der Waals surface area contributed by atoms with Gasteiger partial charge in [-0.2, -0.15) is 0 Å². The summed E-state index contributed by atoms with van der Waals surface area (Å²) in [5.74, 6) is -0.315. The Kier molecular flexibility index (Phi) is 7.72. The first-order chi connectivity index (χ1) is 10.6. The molecule has 1 unspecified atom stereocenters. The topological polar surface area (TPSA) is 46.3 Å². The summed E-state index contributed by atoms with van der Waals surface area (Å²) >= 11 is 0.